The first kappa shape index (κ1) is 21.6. The molecule has 29 heavy (non-hydrogen) atoms. The number of nitrogens with zero attached hydrogens (tertiary/aromatic N) is 1. The molecule has 1 saturated heterocycles. The van der Waals surface area contributed by atoms with Crippen LogP contribution in [0.1, 0.15) is 56.7 Å². The molecule has 0 radical (unpaired) electrons. The van der Waals surface area contributed by atoms with Crippen LogP contribution in [-0.2, 0) is 21.5 Å². The first-order valence-corrected chi connectivity index (χ1v) is 10.9. The smallest absolute Gasteiger partial charge is 0.219 e. The predicted octanol–water partition coefficient (Wildman–Crippen LogP) is 5.51. The topological polar surface area (TPSA) is 29.5 Å². The molecule has 0 saturated carbocycles. The van der Waals surface area contributed by atoms with E-state index in [0.717, 1.165) is 32.4 Å². The largest absolute Gasteiger partial charge is 0.378 e. The minimum absolute atomic E-state index is 0.0608. The lowest BCUT2D eigenvalue weighted by Gasteiger charge is -2.44. The van der Waals surface area contributed by atoms with Gasteiger partial charge in [-0.15, -0.1) is 0 Å². The molecular formula is C26H35NO2. The van der Waals surface area contributed by atoms with Crippen LogP contribution in [0.3, 0.4) is 0 Å². The van der Waals surface area contributed by atoms with E-state index in [1.165, 1.54) is 16.7 Å². The number of benzene rings is 2. The number of amides is 1. The van der Waals surface area contributed by atoms with Gasteiger partial charge >= 0.3 is 0 Å². The molecule has 0 aromatic heterocycles. The van der Waals surface area contributed by atoms with Gasteiger partial charge in [-0.3, -0.25) is 4.79 Å². The van der Waals surface area contributed by atoms with Gasteiger partial charge in [-0.25, -0.2) is 0 Å². The number of hydrogen-bond acceptors (Lipinski definition) is 2. The Hall–Kier alpha value is -2.13. The van der Waals surface area contributed by atoms with E-state index >= 15 is 0 Å². The van der Waals surface area contributed by atoms with Crippen molar-refractivity contribution >= 4 is 5.91 Å². The first-order chi connectivity index (χ1) is 13.9. The summed E-state index contributed by atoms with van der Waals surface area (Å²) in [5, 5.41) is 0. The van der Waals surface area contributed by atoms with Gasteiger partial charge in [0, 0.05) is 32.0 Å². The molecule has 2 atom stereocenters. The van der Waals surface area contributed by atoms with Gasteiger partial charge in [-0.05, 0) is 43.2 Å². The van der Waals surface area contributed by atoms with Crippen LogP contribution in [0.2, 0.25) is 0 Å². The molecule has 0 N–H and O–H groups in total. The van der Waals surface area contributed by atoms with Gasteiger partial charge in [-0.2, -0.15) is 0 Å². The Morgan fingerprint density at radius 2 is 1.83 bits per heavy atom. The van der Waals surface area contributed by atoms with Crippen LogP contribution >= 0.6 is 0 Å². The van der Waals surface area contributed by atoms with Crippen LogP contribution in [0.15, 0.2) is 54.6 Å². The summed E-state index contributed by atoms with van der Waals surface area (Å²) in [5.74, 6) is 0.633. The van der Waals surface area contributed by atoms with Gasteiger partial charge in [0.05, 0.1) is 6.10 Å². The molecule has 3 nitrogen and oxygen atoms in total. The Morgan fingerprint density at radius 1 is 1.14 bits per heavy atom. The lowest BCUT2D eigenvalue weighted by Crippen LogP contribution is -2.43. The third kappa shape index (κ3) is 5.48. The van der Waals surface area contributed by atoms with Gasteiger partial charge in [0.1, 0.15) is 0 Å². The van der Waals surface area contributed by atoms with E-state index < -0.39 is 0 Å². The van der Waals surface area contributed by atoms with E-state index in [9.17, 15) is 4.79 Å². The number of carbonyl (C=O) groups excluding carboxylic acids is 1. The molecule has 0 unspecified atom stereocenters. The van der Waals surface area contributed by atoms with Crippen LogP contribution in [0.25, 0.3) is 0 Å². The summed E-state index contributed by atoms with van der Waals surface area (Å²) in [6.45, 7) is 10.5. The fourth-order valence-corrected chi connectivity index (χ4v) is 4.42. The zero-order valence-electron chi connectivity index (χ0n) is 18.4. The average Bonchev–Trinajstić information content (AvgIpc) is 2.72. The van der Waals surface area contributed by atoms with Crippen molar-refractivity contribution in [1.82, 2.24) is 4.90 Å². The fraction of sp³-hybridized carbons (Fsp3) is 0.500. The summed E-state index contributed by atoms with van der Waals surface area (Å²) >= 11 is 0. The van der Waals surface area contributed by atoms with Gasteiger partial charge < -0.3 is 9.64 Å². The highest BCUT2D eigenvalue weighted by molar-refractivity contribution is 5.73. The second kappa shape index (κ2) is 9.58. The van der Waals surface area contributed by atoms with E-state index in [2.05, 4.69) is 57.2 Å². The van der Waals surface area contributed by atoms with E-state index in [1.807, 2.05) is 23.1 Å². The second-order valence-corrected chi connectivity index (χ2v) is 8.93. The van der Waals surface area contributed by atoms with Gasteiger partial charge in [0.15, 0.2) is 0 Å². The van der Waals surface area contributed by atoms with Crippen LogP contribution < -0.4 is 0 Å². The molecule has 156 valence electrons. The van der Waals surface area contributed by atoms with Crippen LogP contribution in [0.4, 0.5) is 0 Å². The highest BCUT2D eigenvalue weighted by atomic mass is 16.5. The average molecular weight is 394 g/mol. The molecule has 2 aromatic rings. The van der Waals surface area contributed by atoms with Crippen molar-refractivity contribution in [3.63, 3.8) is 0 Å². The van der Waals surface area contributed by atoms with E-state index in [4.69, 9.17) is 4.74 Å². The minimum Gasteiger partial charge on any atom is -0.378 e. The quantitative estimate of drug-likeness (QED) is 0.621. The molecular weight excluding hydrogens is 358 g/mol. The summed E-state index contributed by atoms with van der Waals surface area (Å²) in [5.41, 5.74) is 3.91. The van der Waals surface area contributed by atoms with Gasteiger partial charge in [0.2, 0.25) is 5.91 Å². The van der Waals surface area contributed by atoms with E-state index in [-0.39, 0.29) is 17.4 Å². The number of hydrogen-bond donors (Lipinski definition) is 0. The molecule has 2 aromatic carbocycles. The summed E-state index contributed by atoms with van der Waals surface area (Å²) in [4.78, 5) is 14.4. The molecule has 1 amide bonds. The summed E-state index contributed by atoms with van der Waals surface area (Å²) < 4.78 is 6.11. The molecule has 0 spiro atoms. The molecule has 1 aliphatic rings. The molecule has 3 rings (SSSR count). The van der Waals surface area contributed by atoms with E-state index in [1.54, 1.807) is 6.92 Å². The molecule has 1 fully saturated rings. The number of carbonyl (C=O) groups is 1. The standard InChI is InChI=1S/C26H35NO2/c1-20(2)25-18-26(15-17-29-25,24-12-10-21(3)11-13-24)14-16-27(22(4)28)19-23-8-6-5-7-9-23/h5-13,20,25H,14-19H2,1-4H3/t25-,26-/m1/s1. The SMILES string of the molecule is CC(=O)N(CC[C@@]1(c2ccc(C)cc2)CCO[C@@H](C(C)C)C1)Cc1ccccc1. The lowest BCUT2D eigenvalue weighted by atomic mass is 9.68. The zero-order chi connectivity index (χ0) is 20.9. The number of rotatable bonds is 7. The Balaban J connectivity index is 1.82. The Labute approximate surface area is 176 Å². The summed E-state index contributed by atoms with van der Waals surface area (Å²) in [6, 6.07) is 19.3. The zero-order valence-corrected chi connectivity index (χ0v) is 18.4. The molecule has 0 bridgehead atoms. The Kier molecular flexibility index (Phi) is 7.13. The minimum atomic E-state index is 0.0608. The second-order valence-electron chi connectivity index (χ2n) is 8.93. The van der Waals surface area contributed by atoms with Crippen molar-refractivity contribution in [2.45, 2.75) is 65.0 Å². The summed E-state index contributed by atoms with van der Waals surface area (Å²) in [7, 11) is 0. The Bertz CT molecular complexity index is 784. The van der Waals surface area contributed by atoms with Crippen molar-refractivity contribution in [1.29, 1.82) is 0 Å². The molecule has 1 heterocycles. The van der Waals surface area contributed by atoms with Crippen LogP contribution in [-0.4, -0.2) is 30.1 Å². The third-order valence-electron chi connectivity index (χ3n) is 6.43. The fourth-order valence-electron chi connectivity index (χ4n) is 4.42. The van der Waals surface area contributed by atoms with Crippen molar-refractivity contribution in [2.24, 2.45) is 5.92 Å². The van der Waals surface area contributed by atoms with Crippen LogP contribution in [0.5, 0.6) is 0 Å². The maximum Gasteiger partial charge on any atom is 0.219 e. The maximum atomic E-state index is 12.4. The normalized spacial score (nSPS) is 21.9. The molecule has 1 aliphatic heterocycles. The summed E-state index contributed by atoms with van der Waals surface area (Å²) in [6.07, 6.45) is 3.26. The highest BCUT2D eigenvalue weighted by Crippen LogP contribution is 2.42. The number of ether oxygens (including phenoxy) is 1. The third-order valence-corrected chi connectivity index (χ3v) is 6.43. The van der Waals surface area contributed by atoms with E-state index in [0.29, 0.717) is 12.5 Å². The lowest BCUT2D eigenvalue weighted by molar-refractivity contribution is -0.130. The first-order valence-electron chi connectivity index (χ1n) is 10.9. The van der Waals surface area contributed by atoms with Crippen molar-refractivity contribution in [2.75, 3.05) is 13.2 Å². The monoisotopic (exact) mass is 393 g/mol. The Morgan fingerprint density at radius 3 is 2.45 bits per heavy atom. The van der Waals surface area contributed by atoms with Crippen LogP contribution in [0, 0.1) is 12.8 Å². The van der Waals surface area contributed by atoms with Gasteiger partial charge in [-0.1, -0.05) is 74.0 Å². The maximum absolute atomic E-state index is 12.4. The molecule has 3 heteroatoms. The predicted molar refractivity (Wildman–Crippen MR) is 119 cm³/mol. The number of aryl methyl sites for hydroxylation is 1. The molecule has 0 aliphatic carbocycles. The highest BCUT2D eigenvalue weighted by Gasteiger charge is 2.39. The van der Waals surface area contributed by atoms with Crippen molar-refractivity contribution in [3.05, 3.63) is 71.3 Å². The van der Waals surface area contributed by atoms with Gasteiger partial charge in [0.25, 0.3) is 0 Å². The van der Waals surface area contributed by atoms with Crippen molar-refractivity contribution < 1.29 is 9.53 Å². The van der Waals surface area contributed by atoms with Crippen molar-refractivity contribution in [3.8, 4) is 0 Å².